The zero-order valence-electron chi connectivity index (χ0n) is 14.8. The molecule has 0 aromatic heterocycles. The number of rotatable bonds is 3. The Labute approximate surface area is 144 Å². The van der Waals surface area contributed by atoms with E-state index in [1.165, 1.54) is 11.1 Å². The topological polar surface area (TPSA) is 52.7 Å². The molecule has 2 fully saturated rings. The predicted octanol–water partition coefficient (Wildman–Crippen LogP) is 1.52. The van der Waals surface area contributed by atoms with Crippen LogP contribution in [-0.2, 0) is 9.59 Å². The largest absolute Gasteiger partial charge is 0.354 e. The molecule has 0 bridgehead atoms. The Bertz CT molecular complexity index is 624. The summed E-state index contributed by atoms with van der Waals surface area (Å²) in [6.45, 7) is 9.21. The maximum atomic E-state index is 12.8. The minimum absolute atomic E-state index is 0.00673. The summed E-state index contributed by atoms with van der Waals surface area (Å²) in [6.07, 6.45) is 0.988. The zero-order chi connectivity index (χ0) is 17.3. The van der Waals surface area contributed by atoms with Crippen LogP contribution in [0.2, 0.25) is 0 Å². The van der Waals surface area contributed by atoms with Gasteiger partial charge in [-0.25, -0.2) is 0 Å². The van der Waals surface area contributed by atoms with Crippen LogP contribution in [0.15, 0.2) is 24.3 Å². The highest BCUT2D eigenvalue weighted by Crippen LogP contribution is 2.41. The summed E-state index contributed by atoms with van der Waals surface area (Å²) in [6, 6.07) is 8.65. The van der Waals surface area contributed by atoms with E-state index >= 15 is 0 Å². The molecule has 2 aliphatic heterocycles. The molecule has 0 aliphatic carbocycles. The summed E-state index contributed by atoms with van der Waals surface area (Å²) in [5, 5.41) is 2.80. The number of nitrogens with one attached hydrogen (secondary N) is 1. The molecular formula is C19H27N3O2. The highest BCUT2D eigenvalue weighted by molar-refractivity contribution is 5.82. The van der Waals surface area contributed by atoms with Crippen molar-refractivity contribution in [1.29, 1.82) is 0 Å². The minimum atomic E-state index is -0.204. The quantitative estimate of drug-likeness (QED) is 0.915. The molecule has 5 nitrogen and oxygen atoms in total. The van der Waals surface area contributed by atoms with Gasteiger partial charge in [-0.3, -0.25) is 14.5 Å². The van der Waals surface area contributed by atoms with Crippen LogP contribution < -0.4 is 5.32 Å². The van der Waals surface area contributed by atoms with Crippen LogP contribution in [0.1, 0.15) is 37.3 Å². The lowest BCUT2D eigenvalue weighted by Gasteiger charge is -2.38. The number of hydrogen-bond donors (Lipinski definition) is 1. The fraction of sp³-hybridized carbons (Fsp3) is 0.579. The van der Waals surface area contributed by atoms with Crippen molar-refractivity contribution in [3.05, 3.63) is 35.4 Å². The van der Waals surface area contributed by atoms with Crippen molar-refractivity contribution in [1.82, 2.24) is 15.1 Å². The van der Waals surface area contributed by atoms with Crippen LogP contribution in [0.3, 0.4) is 0 Å². The van der Waals surface area contributed by atoms with E-state index in [4.69, 9.17) is 0 Å². The minimum Gasteiger partial charge on any atom is -0.354 e. The van der Waals surface area contributed by atoms with Gasteiger partial charge in [0.2, 0.25) is 11.8 Å². The third-order valence-corrected chi connectivity index (χ3v) is 5.45. The molecule has 2 amide bonds. The molecule has 5 heteroatoms. The van der Waals surface area contributed by atoms with Crippen molar-refractivity contribution < 1.29 is 9.59 Å². The first-order chi connectivity index (χ1) is 11.4. The molecule has 0 saturated carbocycles. The molecule has 2 saturated heterocycles. The number of piperazine rings is 1. The Morgan fingerprint density at radius 3 is 2.62 bits per heavy atom. The van der Waals surface area contributed by atoms with Gasteiger partial charge in [0.05, 0.1) is 13.1 Å². The van der Waals surface area contributed by atoms with E-state index in [9.17, 15) is 9.59 Å². The van der Waals surface area contributed by atoms with Gasteiger partial charge in [0.25, 0.3) is 0 Å². The van der Waals surface area contributed by atoms with E-state index in [1.54, 1.807) is 0 Å². The van der Waals surface area contributed by atoms with E-state index in [0.717, 1.165) is 19.5 Å². The molecule has 2 aliphatic rings. The standard InChI is InChI=1S/C19H27N3O2/c1-14-4-6-15(7-5-14)16-8-10-22(19(16,2)3)18(24)13-21-11-9-20-17(23)12-21/h4-7,16H,8-13H2,1-3H3,(H,20,23). The Morgan fingerprint density at radius 1 is 1.25 bits per heavy atom. The number of aryl methyl sites for hydroxylation is 1. The Kier molecular flexibility index (Phi) is 4.63. The predicted molar refractivity (Wildman–Crippen MR) is 93.8 cm³/mol. The average molecular weight is 329 g/mol. The lowest BCUT2D eigenvalue weighted by molar-refractivity contribution is -0.137. The Hall–Kier alpha value is -1.88. The normalized spacial score (nSPS) is 24.0. The monoisotopic (exact) mass is 329 g/mol. The van der Waals surface area contributed by atoms with E-state index in [2.05, 4.69) is 50.4 Å². The van der Waals surface area contributed by atoms with Gasteiger partial charge >= 0.3 is 0 Å². The van der Waals surface area contributed by atoms with Crippen molar-refractivity contribution >= 4 is 11.8 Å². The summed E-state index contributed by atoms with van der Waals surface area (Å²) in [5.41, 5.74) is 2.36. The first-order valence-electron chi connectivity index (χ1n) is 8.74. The maximum Gasteiger partial charge on any atom is 0.237 e. The van der Waals surface area contributed by atoms with Gasteiger partial charge in [-0.1, -0.05) is 29.8 Å². The van der Waals surface area contributed by atoms with Gasteiger partial charge in [-0.05, 0) is 32.8 Å². The number of hydrogen-bond acceptors (Lipinski definition) is 3. The smallest absolute Gasteiger partial charge is 0.237 e. The van der Waals surface area contributed by atoms with Crippen LogP contribution in [0, 0.1) is 6.92 Å². The summed E-state index contributed by atoms with van der Waals surface area (Å²) < 4.78 is 0. The second-order valence-electron chi connectivity index (χ2n) is 7.51. The molecule has 1 unspecified atom stereocenters. The van der Waals surface area contributed by atoms with Crippen LogP contribution in [-0.4, -0.2) is 59.9 Å². The number of likely N-dealkylation sites (tertiary alicyclic amines) is 1. The summed E-state index contributed by atoms with van der Waals surface area (Å²) in [7, 11) is 0. The fourth-order valence-electron chi connectivity index (χ4n) is 4.01. The molecule has 3 rings (SSSR count). The summed E-state index contributed by atoms with van der Waals surface area (Å²) >= 11 is 0. The lowest BCUT2D eigenvalue weighted by Crippen LogP contribution is -2.53. The van der Waals surface area contributed by atoms with Gasteiger partial charge < -0.3 is 10.2 Å². The summed E-state index contributed by atoms with van der Waals surface area (Å²) in [5.74, 6) is 0.489. The third kappa shape index (κ3) is 3.31. The van der Waals surface area contributed by atoms with Crippen molar-refractivity contribution in [2.24, 2.45) is 0 Å². The van der Waals surface area contributed by atoms with Gasteiger partial charge in [-0.15, -0.1) is 0 Å². The number of carbonyl (C=O) groups excluding carboxylic acids is 2. The van der Waals surface area contributed by atoms with E-state index < -0.39 is 0 Å². The molecule has 1 aromatic rings. The number of benzene rings is 1. The molecular weight excluding hydrogens is 302 g/mol. The van der Waals surface area contributed by atoms with Crippen LogP contribution in [0.25, 0.3) is 0 Å². The molecule has 24 heavy (non-hydrogen) atoms. The maximum absolute atomic E-state index is 12.8. The van der Waals surface area contributed by atoms with Crippen LogP contribution >= 0.6 is 0 Å². The lowest BCUT2D eigenvalue weighted by atomic mass is 9.82. The highest BCUT2D eigenvalue weighted by atomic mass is 16.2. The summed E-state index contributed by atoms with van der Waals surface area (Å²) in [4.78, 5) is 28.3. The van der Waals surface area contributed by atoms with Gasteiger partial charge in [0.15, 0.2) is 0 Å². The molecule has 1 N–H and O–H groups in total. The van der Waals surface area contributed by atoms with Gasteiger partial charge in [0, 0.05) is 31.1 Å². The third-order valence-electron chi connectivity index (χ3n) is 5.45. The molecule has 130 valence electrons. The van der Waals surface area contributed by atoms with E-state index in [1.807, 2.05) is 9.80 Å². The van der Waals surface area contributed by atoms with Gasteiger partial charge in [-0.2, -0.15) is 0 Å². The molecule has 0 spiro atoms. The Balaban J connectivity index is 1.69. The Morgan fingerprint density at radius 2 is 1.96 bits per heavy atom. The molecule has 0 radical (unpaired) electrons. The fourth-order valence-corrected chi connectivity index (χ4v) is 4.01. The zero-order valence-corrected chi connectivity index (χ0v) is 14.8. The number of nitrogens with zero attached hydrogens (tertiary/aromatic N) is 2. The average Bonchev–Trinajstić information content (AvgIpc) is 2.83. The van der Waals surface area contributed by atoms with Crippen LogP contribution in [0.5, 0.6) is 0 Å². The van der Waals surface area contributed by atoms with Crippen molar-refractivity contribution in [2.45, 2.75) is 38.6 Å². The number of carbonyl (C=O) groups is 2. The van der Waals surface area contributed by atoms with E-state index in [-0.39, 0.29) is 17.4 Å². The van der Waals surface area contributed by atoms with Crippen molar-refractivity contribution in [3.8, 4) is 0 Å². The van der Waals surface area contributed by atoms with Crippen molar-refractivity contribution in [3.63, 3.8) is 0 Å². The van der Waals surface area contributed by atoms with Crippen molar-refractivity contribution in [2.75, 3.05) is 32.7 Å². The second kappa shape index (κ2) is 6.55. The molecule has 2 heterocycles. The molecule has 1 atom stereocenters. The number of amides is 2. The first-order valence-corrected chi connectivity index (χ1v) is 8.74. The van der Waals surface area contributed by atoms with Crippen LogP contribution in [0.4, 0.5) is 0 Å². The van der Waals surface area contributed by atoms with Gasteiger partial charge in [0.1, 0.15) is 0 Å². The second-order valence-corrected chi connectivity index (χ2v) is 7.51. The molecule has 1 aromatic carbocycles. The first kappa shape index (κ1) is 17.0. The highest BCUT2D eigenvalue weighted by Gasteiger charge is 2.44. The van der Waals surface area contributed by atoms with E-state index in [0.29, 0.717) is 25.6 Å². The SMILES string of the molecule is Cc1ccc(C2CCN(C(=O)CN3CCNC(=O)C3)C2(C)C)cc1.